The maximum Gasteiger partial charge on any atom is 0.419 e. The molecule has 2 amide bonds. The first-order chi connectivity index (χ1) is 12.9. The third-order valence-electron chi connectivity index (χ3n) is 3.50. The van der Waals surface area contributed by atoms with Crippen LogP contribution in [-0.4, -0.2) is 47.3 Å². The number of hydrogen-bond acceptors (Lipinski definition) is 6. The lowest BCUT2D eigenvalue weighted by molar-refractivity contribution is -0.143. The summed E-state index contributed by atoms with van der Waals surface area (Å²) in [5, 5.41) is 8.70. The van der Waals surface area contributed by atoms with Crippen molar-refractivity contribution in [1.29, 1.82) is 0 Å². The Balaban J connectivity index is 2.02. The van der Waals surface area contributed by atoms with Crippen LogP contribution in [0.15, 0.2) is 54.6 Å². The molecule has 27 heavy (non-hydrogen) atoms. The van der Waals surface area contributed by atoms with Gasteiger partial charge in [-0.2, -0.15) is 0 Å². The molecule has 0 aliphatic rings. The SMILES string of the molecule is CC(=O)N(CC(=O)O)C(=O)OCOC(=O)c1ccccc1-c1ccccc1. The fourth-order valence-electron chi connectivity index (χ4n) is 2.26. The zero-order chi connectivity index (χ0) is 19.8. The van der Waals surface area contributed by atoms with Gasteiger partial charge in [0.15, 0.2) is 0 Å². The summed E-state index contributed by atoms with van der Waals surface area (Å²) < 4.78 is 9.59. The largest absolute Gasteiger partial charge is 0.480 e. The lowest BCUT2D eigenvalue weighted by Gasteiger charge is -2.16. The van der Waals surface area contributed by atoms with E-state index < -0.39 is 37.3 Å². The van der Waals surface area contributed by atoms with E-state index in [1.807, 2.05) is 30.3 Å². The second-order valence-corrected chi connectivity index (χ2v) is 5.37. The number of esters is 1. The van der Waals surface area contributed by atoms with Crippen LogP contribution in [-0.2, 0) is 19.1 Å². The second kappa shape index (κ2) is 9.14. The highest BCUT2D eigenvalue weighted by atomic mass is 16.7. The number of carbonyl (C=O) groups excluding carboxylic acids is 3. The Kier molecular flexibility index (Phi) is 6.65. The van der Waals surface area contributed by atoms with Crippen molar-refractivity contribution in [3.63, 3.8) is 0 Å². The van der Waals surface area contributed by atoms with Crippen molar-refractivity contribution >= 4 is 23.9 Å². The Morgan fingerprint density at radius 2 is 1.56 bits per heavy atom. The molecule has 0 heterocycles. The predicted molar refractivity (Wildman–Crippen MR) is 93.7 cm³/mol. The highest BCUT2D eigenvalue weighted by Gasteiger charge is 2.23. The lowest BCUT2D eigenvalue weighted by Crippen LogP contribution is -2.39. The molecule has 8 nitrogen and oxygen atoms in total. The molecule has 1 N–H and O–H groups in total. The van der Waals surface area contributed by atoms with Gasteiger partial charge in [0.25, 0.3) is 0 Å². The zero-order valence-electron chi connectivity index (χ0n) is 14.5. The van der Waals surface area contributed by atoms with Gasteiger partial charge in [-0.1, -0.05) is 48.5 Å². The Morgan fingerprint density at radius 3 is 2.19 bits per heavy atom. The van der Waals surface area contributed by atoms with Gasteiger partial charge in [0.05, 0.1) is 5.56 Å². The summed E-state index contributed by atoms with van der Waals surface area (Å²) in [5.74, 6) is -2.91. The standard InChI is InChI=1S/C19H17NO7/c1-13(21)20(11-17(22)23)19(25)27-12-26-18(24)16-10-6-5-9-15(16)14-7-3-2-4-8-14/h2-10H,11-12H2,1H3,(H,22,23). The summed E-state index contributed by atoms with van der Waals surface area (Å²) in [6.07, 6.45) is -1.21. The van der Waals surface area contributed by atoms with Crippen LogP contribution < -0.4 is 0 Å². The molecule has 140 valence electrons. The van der Waals surface area contributed by atoms with E-state index in [1.165, 1.54) is 0 Å². The van der Waals surface area contributed by atoms with Crippen molar-refractivity contribution in [2.24, 2.45) is 0 Å². The molecule has 2 rings (SSSR count). The van der Waals surface area contributed by atoms with E-state index in [2.05, 4.69) is 4.74 Å². The molecule has 0 saturated heterocycles. The van der Waals surface area contributed by atoms with Crippen LogP contribution in [0.4, 0.5) is 4.79 Å². The van der Waals surface area contributed by atoms with Crippen LogP contribution in [0, 0.1) is 0 Å². The molecule has 0 aromatic heterocycles. The minimum atomic E-state index is -1.38. The van der Waals surface area contributed by atoms with Gasteiger partial charge in [0.1, 0.15) is 6.54 Å². The van der Waals surface area contributed by atoms with Gasteiger partial charge in [-0.3, -0.25) is 9.59 Å². The first kappa shape index (κ1) is 19.6. The fraction of sp³-hybridized carbons (Fsp3) is 0.158. The van der Waals surface area contributed by atoms with Crippen LogP contribution in [0.2, 0.25) is 0 Å². The number of aliphatic carboxylic acids is 1. The second-order valence-electron chi connectivity index (χ2n) is 5.37. The maximum absolute atomic E-state index is 12.3. The number of carboxylic acid groups (broad SMARTS) is 1. The Hall–Kier alpha value is -3.68. The average Bonchev–Trinajstić information content (AvgIpc) is 2.66. The van der Waals surface area contributed by atoms with E-state index in [9.17, 15) is 19.2 Å². The van der Waals surface area contributed by atoms with Gasteiger partial charge >= 0.3 is 18.0 Å². The monoisotopic (exact) mass is 371 g/mol. The van der Waals surface area contributed by atoms with Crippen LogP contribution in [0.1, 0.15) is 17.3 Å². The van der Waals surface area contributed by atoms with Crippen LogP contribution >= 0.6 is 0 Å². The number of imide groups is 1. The van der Waals surface area contributed by atoms with E-state index in [0.29, 0.717) is 10.5 Å². The molecule has 0 aliphatic carbocycles. The molecule has 0 aliphatic heterocycles. The Morgan fingerprint density at radius 1 is 0.926 bits per heavy atom. The molecule has 0 unspecified atom stereocenters. The van der Waals surface area contributed by atoms with Gasteiger partial charge < -0.3 is 14.6 Å². The molecule has 2 aromatic rings. The lowest BCUT2D eigenvalue weighted by atomic mass is 10.00. The zero-order valence-corrected chi connectivity index (χ0v) is 14.5. The van der Waals surface area contributed by atoms with Crippen LogP contribution in [0.5, 0.6) is 0 Å². The number of rotatable bonds is 6. The third-order valence-corrected chi connectivity index (χ3v) is 3.50. The number of carbonyl (C=O) groups is 4. The van der Waals surface area contributed by atoms with E-state index in [0.717, 1.165) is 12.5 Å². The van der Waals surface area contributed by atoms with Crippen molar-refractivity contribution in [2.45, 2.75) is 6.92 Å². The summed E-state index contributed by atoms with van der Waals surface area (Å²) in [6, 6.07) is 15.9. The molecule has 0 radical (unpaired) electrons. The van der Waals surface area contributed by atoms with Gasteiger partial charge in [0.2, 0.25) is 12.7 Å². The van der Waals surface area contributed by atoms with E-state index in [-0.39, 0.29) is 5.56 Å². The summed E-state index contributed by atoms with van der Waals surface area (Å²) in [5.41, 5.74) is 1.73. The van der Waals surface area contributed by atoms with Crippen molar-refractivity contribution < 1.29 is 33.8 Å². The number of carboxylic acids is 1. The smallest absolute Gasteiger partial charge is 0.419 e. The Bertz CT molecular complexity index is 848. The van der Waals surface area contributed by atoms with Crippen LogP contribution in [0.3, 0.4) is 0 Å². The summed E-state index contributed by atoms with van der Waals surface area (Å²) in [7, 11) is 0. The molecule has 0 atom stereocenters. The van der Waals surface area contributed by atoms with Gasteiger partial charge in [-0.05, 0) is 17.2 Å². The quantitative estimate of drug-likeness (QED) is 0.614. The van der Waals surface area contributed by atoms with E-state index >= 15 is 0 Å². The van der Waals surface area contributed by atoms with E-state index in [4.69, 9.17) is 9.84 Å². The first-order valence-electron chi connectivity index (χ1n) is 7.88. The molecule has 0 bridgehead atoms. The van der Waals surface area contributed by atoms with E-state index in [1.54, 1.807) is 24.3 Å². The topological polar surface area (TPSA) is 110 Å². The molecule has 0 saturated carbocycles. The minimum absolute atomic E-state index is 0.272. The van der Waals surface area contributed by atoms with Crippen LogP contribution in [0.25, 0.3) is 11.1 Å². The van der Waals surface area contributed by atoms with Gasteiger partial charge in [-0.15, -0.1) is 0 Å². The van der Waals surface area contributed by atoms with Gasteiger partial charge in [0, 0.05) is 6.92 Å². The molecular formula is C19H17NO7. The normalized spacial score (nSPS) is 9.96. The highest BCUT2D eigenvalue weighted by molar-refractivity contribution is 5.97. The van der Waals surface area contributed by atoms with Crippen molar-refractivity contribution in [3.05, 3.63) is 60.2 Å². The summed E-state index contributed by atoms with van der Waals surface area (Å²) in [6.45, 7) is -0.588. The number of nitrogens with zero attached hydrogens (tertiary/aromatic N) is 1. The number of hydrogen-bond donors (Lipinski definition) is 1. The Labute approximate surface area is 154 Å². The maximum atomic E-state index is 12.3. The fourth-order valence-corrected chi connectivity index (χ4v) is 2.26. The number of amides is 2. The van der Waals surface area contributed by atoms with Crippen molar-refractivity contribution in [1.82, 2.24) is 4.90 Å². The molecule has 0 spiro atoms. The van der Waals surface area contributed by atoms with Crippen molar-refractivity contribution in [3.8, 4) is 11.1 Å². The summed E-state index contributed by atoms with van der Waals surface area (Å²) >= 11 is 0. The van der Waals surface area contributed by atoms with Gasteiger partial charge in [-0.25, -0.2) is 14.5 Å². The number of benzene rings is 2. The number of ether oxygens (including phenoxy) is 2. The average molecular weight is 371 g/mol. The minimum Gasteiger partial charge on any atom is -0.480 e. The molecule has 2 aromatic carbocycles. The highest BCUT2D eigenvalue weighted by Crippen LogP contribution is 2.23. The molecule has 8 heteroatoms. The molecule has 0 fully saturated rings. The van der Waals surface area contributed by atoms with Crippen molar-refractivity contribution in [2.75, 3.05) is 13.3 Å². The molecular weight excluding hydrogens is 354 g/mol. The summed E-state index contributed by atoms with van der Waals surface area (Å²) in [4.78, 5) is 46.4. The predicted octanol–water partition coefficient (Wildman–Crippen LogP) is 2.54. The first-order valence-corrected chi connectivity index (χ1v) is 7.88. The third kappa shape index (κ3) is 5.40.